The lowest BCUT2D eigenvalue weighted by Gasteiger charge is -2.30. The van der Waals surface area contributed by atoms with Gasteiger partial charge in [0.05, 0.1) is 5.56 Å². The summed E-state index contributed by atoms with van der Waals surface area (Å²) in [6.07, 6.45) is 5.15. The van der Waals surface area contributed by atoms with E-state index in [1.807, 2.05) is 6.07 Å². The number of halogens is 1. The third kappa shape index (κ3) is 3.80. The lowest BCUT2D eigenvalue weighted by Crippen LogP contribution is -2.35. The van der Waals surface area contributed by atoms with E-state index in [-0.39, 0.29) is 5.56 Å². The first-order chi connectivity index (χ1) is 9.60. The Morgan fingerprint density at radius 3 is 2.65 bits per heavy atom. The van der Waals surface area contributed by atoms with Gasteiger partial charge in [0.15, 0.2) is 0 Å². The molecule has 2 rings (SSSR count). The number of nitriles is 1. The van der Waals surface area contributed by atoms with Crippen LogP contribution in [-0.4, -0.2) is 17.5 Å². The number of nitrogens with zero attached hydrogens (tertiary/aromatic N) is 2. The van der Waals surface area contributed by atoms with Crippen LogP contribution in [0.2, 0.25) is 0 Å². The molecule has 0 radical (unpaired) electrons. The van der Waals surface area contributed by atoms with E-state index in [1.54, 1.807) is 12.1 Å². The van der Waals surface area contributed by atoms with Gasteiger partial charge in [0, 0.05) is 19.1 Å². The van der Waals surface area contributed by atoms with Crippen molar-refractivity contribution in [2.45, 2.75) is 52.1 Å². The van der Waals surface area contributed by atoms with Crippen LogP contribution < -0.4 is 0 Å². The first kappa shape index (κ1) is 15.0. The Morgan fingerprint density at radius 1 is 1.35 bits per heavy atom. The van der Waals surface area contributed by atoms with Gasteiger partial charge >= 0.3 is 0 Å². The van der Waals surface area contributed by atoms with Gasteiger partial charge in [0.1, 0.15) is 11.9 Å². The molecule has 20 heavy (non-hydrogen) atoms. The lowest BCUT2D eigenvalue weighted by atomic mass is 10.1. The molecule has 3 heteroatoms. The zero-order valence-electron chi connectivity index (χ0n) is 12.4. The average molecular weight is 274 g/mol. The van der Waals surface area contributed by atoms with Gasteiger partial charge in [-0.15, -0.1) is 0 Å². The van der Waals surface area contributed by atoms with Crippen LogP contribution in [0.4, 0.5) is 4.39 Å². The van der Waals surface area contributed by atoms with Crippen molar-refractivity contribution < 1.29 is 4.39 Å². The van der Waals surface area contributed by atoms with E-state index in [1.165, 1.54) is 31.7 Å². The van der Waals surface area contributed by atoms with E-state index in [9.17, 15) is 4.39 Å². The molecule has 1 saturated carbocycles. The summed E-state index contributed by atoms with van der Waals surface area (Å²) >= 11 is 0. The molecule has 0 atom stereocenters. The number of hydrogen-bond donors (Lipinski definition) is 0. The highest BCUT2D eigenvalue weighted by molar-refractivity contribution is 5.34. The van der Waals surface area contributed by atoms with Crippen LogP contribution in [0.1, 0.15) is 50.7 Å². The van der Waals surface area contributed by atoms with Crippen molar-refractivity contribution in [3.63, 3.8) is 0 Å². The summed E-state index contributed by atoms with van der Waals surface area (Å²) in [5.41, 5.74) is 1.19. The summed E-state index contributed by atoms with van der Waals surface area (Å²) < 4.78 is 13.4. The minimum Gasteiger partial charge on any atom is -0.296 e. The van der Waals surface area contributed by atoms with E-state index >= 15 is 0 Å². The van der Waals surface area contributed by atoms with Crippen molar-refractivity contribution in [3.05, 3.63) is 35.1 Å². The lowest BCUT2D eigenvalue weighted by molar-refractivity contribution is 0.168. The van der Waals surface area contributed by atoms with E-state index in [2.05, 4.69) is 18.7 Å². The Morgan fingerprint density at radius 2 is 2.05 bits per heavy atom. The predicted molar refractivity (Wildman–Crippen MR) is 78.6 cm³/mol. The van der Waals surface area contributed by atoms with Gasteiger partial charge < -0.3 is 0 Å². The smallest absolute Gasteiger partial charge is 0.140 e. The molecule has 1 aliphatic rings. The Bertz CT molecular complexity index is 484. The number of hydrogen-bond acceptors (Lipinski definition) is 2. The fourth-order valence-electron chi connectivity index (χ4n) is 3.07. The largest absolute Gasteiger partial charge is 0.296 e. The van der Waals surface area contributed by atoms with Crippen molar-refractivity contribution in [2.24, 2.45) is 5.92 Å². The maximum Gasteiger partial charge on any atom is 0.140 e. The minimum absolute atomic E-state index is 0.151. The molecule has 1 fully saturated rings. The molecule has 0 aromatic heterocycles. The molecule has 1 aliphatic carbocycles. The van der Waals surface area contributed by atoms with Crippen LogP contribution in [0.15, 0.2) is 18.2 Å². The predicted octanol–water partition coefficient (Wildman–Crippen LogP) is 4.10. The first-order valence-electron chi connectivity index (χ1n) is 7.52. The Balaban J connectivity index is 2.12. The Hall–Kier alpha value is -1.40. The molecule has 2 nitrogen and oxygen atoms in total. The third-order valence-electron chi connectivity index (χ3n) is 3.98. The minimum atomic E-state index is -0.424. The monoisotopic (exact) mass is 274 g/mol. The van der Waals surface area contributed by atoms with Gasteiger partial charge in [-0.1, -0.05) is 32.8 Å². The highest BCUT2D eigenvalue weighted by Gasteiger charge is 2.23. The number of rotatable bonds is 5. The average Bonchev–Trinajstić information content (AvgIpc) is 2.93. The second kappa shape index (κ2) is 6.85. The molecule has 0 N–H and O–H groups in total. The van der Waals surface area contributed by atoms with Gasteiger partial charge in [-0.3, -0.25) is 4.90 Å². The Kier molecular flexibility index (Phi) is 5.14. The highest BCUT2D eigenvalue weighted by Crippen LogP contribution is 2.26. The molecule has 0 aliphatic heterocycles. The van der Waals surface area contributed by atoms with Crippen molar-refractivity contribution in [1.82, 2.24) is 4.90 Å². The molecule has 1 aromatic carbocycles. The van der Waals surface area contributed by atoms with Crippen molar-refractivity contribution in [2.75, 3.05) is 6.54 Å². The van der Waals surface area contributed by atoms with Crippen molar-refractivity contribution >= 4 is 0 Å². The maximum absolute atomic E-state index is 13.4. The number of benzene rings is 1. The van der Waals surface area contributed by atoms with Crippen LogP contribution in [0.5, 0.6) is 0 Å². The van der Waals surface area contributed by atoms with E-state index in [0.29, 0.717) is 12.0 Å². The van der Waals surface area contributed by atoms with Crippen LogP contribution in [0.25, 0.3) is 0 Å². The Labute approximate surface area is 121 Å². The topological polar surface area (TPSA) is 27.0 Å². The summed E-state index contributed by atoms with van der Waals surface area (Å²) in [7, 11) is 0. The van der Waals surface area contributed by atoms with Crippen molar-refractivity contribution in [3.8, 4) is 6.07 Å². The van der Waals surface area contributed by atoms with E-state index < -0.39 is 5.82 Å². The summed E-state index contributed by atoms with van der Waals surface area (Å²) in [4.78, 5) is 2.51. The summed E-state index contributed by atoms with van der Waals surface area (Å²) in [5.74, 6) is 0.194. The van der Waals surface area contributed by atoms with Crippen LogP contribution in [0.3, 0.4) is 0 Å². The van der Waals surface area contributed by atoms with Crippen LogP contribution in [0, 0.1) is 23.1 Å². The molecular formula is C17H23FN2. The van der Waals surface area contributed by atoms with Crippen LogP contribution >= 0.6 is 0 Å². The van der Waals surface area contributed by atoms with Crippen molar-refractivity contribution in [1.29, 1.82) is 5.26 Å². The fraction of sp³-hybridized carbons (Fsp3) is 0.588. The molecule has 0 bridgehead atoms. The van der Waals surface area contributed by atoms with Gasteiger partial charge in [-0.25, -0.2) is 4.39 Å². The second-order valence-corrected chi connectivity index (χ2v) is 6.19. The molecule has 108 valence electrons. The fourth-order valence-corrected chi connectivity index (χ4v) is 3.07. The zero-order valence-corrected chi connectivity index (χ0v) is 12.4. The molecule has 0 heterocycles. The summed E-state index contributed by atoms with van der Waals surface area (Å²) in [6, 6.07) is 7.48. The first-order valence-corrected chi connectivity index (χ1v) is 7.52. The van der Waals surface area contributed by atoms with Gasteiger partial charge in [-0.05, 0) is 36.5 Å². The quantitative estimate of drug-likeness (QED) is 0.808. The summed E-state index contributed by atoms with van der Waals surface area (Å²) in [6.45, 7) is 6.34. The normalized spacial score (nSPS) is 16.0. The SMILES string of the molecule is CC(C)CN(Cc1ccc(F)c(C#N)c1)C1CCCC1. The van der Waals surface area contributed by atoms with Gasteiger partial charge in [0.25, 0.3) is 0 Å². The molecule has 0 saturated heterocycles. The van der Waals surface area contributed by atoms with Crippen LogP contribution in [-0.2, 0) is 6.54 Å². The third-order valence-corrected chi connectivity index (χ3v) is 3.98. The molecule has 1 aromatic rings. The standard InChI is InChI=1S/C17H23FN2/c1-13(2)11-20(16-5-3-4-6-16)12-14-7-8-17(18)15(9-14)10-19/h7-9,13,16H,3-6,11-12H2,1-2H3. The van der Waals surface area contributed by atoms with E-state index in [0.717, 1.165) is 18.7 Å². The molecule has 0 spiro atoms. The molecular weight excluding hydrogens is 251 g/mol. The zero-order chi connectivity index (χ0) is 14.5. The molecule has 0 amide bonds. The van der Waals surface area contributed by atoms with Gasteiger partial charge in [-0.2, -0.15) is 5.26 Å². The summed E-state index contributed by atoms with van der Waals surface area (Å²) in [5, 5.41) is 8.93. The highest BCUT2D eigenvalue weighted by atomic mass is 19.1. The van der Waals surface area contributed by atoms with Gasteiger partial charge in [0.2, 0.25) is 0 Å². The maximum atomic E-state index is 13.4. The molecule has 0 unspecified atom stereocenters. The van der Waals surface area contributed by atoms with E-state index in [4.69, 9.17) is 5.26 Å². The second-order valence-electron chi connectivity index (χ2n) is 6.19.